The lowest BCUT2D eigenvalue weighted by molar-refractivity contribution is -0.143. The quantitative estimate of drug-likeness (QED) is 0.0320. The van der Waals surface area contributed by atoms with Gasteiger partial charge in [0.25, 0.3) is 0 Å². The van der Waals surface area contributed by atoms with Gasteiger partial charge in [0.1, 0.15) is 0 Å². The van der Waals surface area contributed by atoms with Crippen LogP contribution in [0.5, 0.6) is 0 Å². The van der Waals surface area contributed by atoms with Crippen LogP contribution in [0.1, 0.15) is 399 Å². The molecular formula is C72H139NO5. The summed E-state index contributed by atoms with van der Waals surface area (Å²) in [6.07, 6.45) is 85.4. The van der Waals surface area contributed by atoms with E-state index in [1.165, 1.54) is 334 Å². The Morgan fingerprint density at radius 3 is 0.910 bits per heavy atom. The highest BCUT2D eigenvalue weighted by atomic mass is 16.5. The van der Waals surface area contributed by atoms with Gasteiger partial charge in [0, 0.05) is 12.8 Å². The number of hydrogen-bond donors (Lipinski definition) is 3. The van der Waals surface area contributed by atoms with Crippen molar-refractivity contribution in [3.8, 4) is 0 Å². The lowest BCUT2D eigenvalue weighted by Gasteiger charge is -2.20. The molecule has 0 bridgehead atoms. The van der Waals surface area contributed by atoms with Crippen molar-refractivity contribution in [2.75, 3.05) is 13.2 Å². The predicted octanol–water partition coefficient (Wildman–Crippen LogP) is 22.9. The second-order valence-electron chi connectivity index (χ2n) is 24.6. The molecule has 0 fully saturated rings. The lowest BCUT2D eigenvalue weighted by atomic mass is 10.0. The molecule has 3 N–H and O–H groups in total. The molecule has 0 heterocycles. The van der Waals surface area contributed by atoms with Crippen LogP contribution in [-0.4, -0.2) is 47.4 Å². The zero-order valence-corrected chi connectivity index (χ0v) is 52.9. The van der Waals surface area contributed by atoms with Crippen LogP contribution in [-0.2, 0) is 14.3 Å². The van der Waals surface area contributed by atoms with Crippen LogP contribution in [0, 0.1) is 0 Å². The maximum Gasteiger partial charge on any atom is 0.305 e. The highest BCUT2D eigenvalue weighted by molar-refractivity contribution is 5.76. The van der Waals surface area contributed by atoms with Crippen molar-refractivity contribution in [1.29, 1.82) is 0 Å². The fourth-order valence-corrected chi connectivity index (χ4v) is 11.3. The van der Waals surface area contributed by atoms with Gasteiger partial charge in [0.2, 0.25) is 5.91 Å². The summed E-state index contributed by atoms with van der Waals surface area (Å²) in [6, 6.07) is -0.627. The lowest BCUT2D eigenvalue weighted by Crippen LogP contribution is -2.45. The summed E-state index contributed by atoms with van der Waals surface area (Å²) in [5, 5.41) is 23.2. The van der Waals surface area contributed by atoms with Crippen LogP contribution >= 0.6 is 0 Å². The summed E-state index contributed by atoms with van der Waals surface area (Å²) in [4.78, 5) is 24.6. The van der Waals surface area contributed by atoms with E-state index in [1.807, 2.05) is 6.08 Å². The largest absolute Gasteiger partial charge is 0.466 e. The van der Waals surface area contributed by atoms with Crippen LogP contribution < -0.4 is 5.32 Å². The van der Waals surface area contributed by atoms with Crippen LogP contribution in [0.2, 0.25) is 0 Å². The topological polar surface area (TPSA) is 95.9 Å². The number of carbonyl (C=O) groups excluding carboxylic acids is 2. The van der Waals surface area contributed by atoms with Crippen molar-refractivity contribution in [3.63, 3.8) is 0 Å². The number of unbranched alkanes of at least 4 members (excludes halogenated alkanes) is 54. The molecular weight excluding hydrogens is 959 g/mol. The summed E-state index contributed by atoms with van der Waals surface area (Å²) in [5.41, 5.74) is 0. The average molecular weight is 1100 g/mol. The Balaban J connectivity index is 3.37. The summed E-state index contributed by atoms with van der Waals surface area (Å²) < 4.78 is 5.51. The number of allylic oxidation sites excluding steroid dienone is 3. The fraction of sp³-hybridized carbons (Fsp3) is 0.917. The van der Waals surface area contributed by atoms with Gasteiger partial charge in [-0.2, -0.15) is 0 Å². The normalized spacial score (nSPS) is 12.6. The number of nitrogens with one attached hydrogen (secondary N) is 1. The van der Waals surface area contributed by atoms with E-state index in [0.29, 0.717) is 19.4 Å². The standard InChI is InChI=1S/C72H139NO5/c1-3-5-7-9-11-13-15-17-19-21-29-34-38-42-46-50-54-58-62-66-72(77)78-67-63-59-55-51-47-43-39-35-31-28-26-24-23-25-27-30-33-37-41-45-49-53-57-61-65-71(76)73-69(68-74)70(75)64-60-56-52-48-44-40-36-32-22-20-18-16-14-12-10-8-6-4-2/h17,19,60,64,69-70,74-75H,3-16,18,20-59,61-63,65-68H2,1-2H3,(H,73,76)/b19-17-,64-60+. The number of aliphatic hydroxyl groups excluding tert-OH is 2. The third kappa shape index (κ3) is 63.5. The number of esters is 1. The first kappa shape index (κ1) is 76.3. The highest BCUT2D eigenvalue weighted by Gasteiger charge is 2.18. The number of ether oxygens (including phenoxy) is 1. The smallest absolute Gasteiger partial charge is 0.305 e. The number of carbonyl (C=O) groups is 2. The Hall–Kier alpha value is -1.66. The summed E-state index contributed by atoms with van der Waals surface area (Å²) in [7, 11) is 0. The van der Waals surface area contributed by atoms with Gasteiger partial charge in [-0.3, -0.25) is 9.59 Å². The number of aliphatic hydroxyl groups is 2. The average Bonchev–Trinajstić information content (AvgIpc) is 3.44. The van der Waals surface area contributed by atoms with Gasteiger partial charge in [-0.05, 0) is 57.8 Å². The van der Waals surface area contributed by atoms with Crippen LogP contribution in [0.25, 0.3) is 0 Å². The van der Waals surface area contributed by atoms with Crippen LogP contribution in [0.3, 0.4) is 0 Å². The first-order chi connectivity index (χ1) is 38.5. The molecule has 2 atom stereocenters. The van der Waals surface area contributed by atoms with Crippen molar-refractivity contribution in [1.82, 2.24) is 5.32 Å². The van der Waals surface area contributed by atoms with Gasteiger partial charge >= 0.3 is 5.97 Å². The van der Waals surface area contributed by atoms with Gasteiger partial charge in [0.15, 0.2) is 0 Å². The van der Waals surface area contributed by atoms with E-state index in [1.54, 1.807) is 6.08 Å². The van der Waals surface area contributed by atoms with Gasteiger partial charge in [-0.25, -0.2) is 0 Å². The van der Waals surface area contributed by atoms with E-state index in [0.717, 1.165) is 38.5 Å². The van der Waals surface area contributed by atoms with Crippen LogP contribution in [0.15, 0.2) is 24.3 Å². The number of hydrogen-bond acceptors (Lipinski definition) is 5. The molecule has 6 nitrogen and oxygen atoms in total. The molecule has 0 aromatic carbocycles. The van der Waals surface area contributed by atoms with Crippen LogP contribution in [0.4, 0.5) is 0 Å². The summed E-state index contributed by atoms with van der Waals surface area (Å²) in [6.45, 7) is 4.94. The van der Waals surface area contributed by atoms with Crippen molar-refractivity contribution < 1.29 is 24.5 Å². The Kier molecular flexibility index (Phi) is 66.4. The molecule has 1 amide bonds. The molecule has 0 aliphatic heterocycles. The maximum atomic E-state index is 12.5. The Bertz CT molecular complexity index is 1220. The molecule has 0 aromatic rings. The molecule has 0 aromatic heterocycles. The first-order valence-corrected chi connectivity index (χ1v) is 35.6. The minimum atomic E-state index is -0.844. The molecule has 0 saturated heterocycles. The number of rotatable bonds is 67. The molecule has 0 aliphatic rings. The minimum Gasteiger partial charge on any atom is -0.466 e. The molecule has 0 rings (SSSR count). The molecule has 2 unspecified atom stereocenters. The van der Waals surface area contributed by atoms with E-state index in [-0.39, 0.29) is 18.5 Å². The first-order valence-electron chi connectivity index (χ1n) is 35.6. The van der Waals surface area contributed by atoms with Crippen molar-refractivity contribution in [2.24, 2.45) is 0 Å². The van der Waals surface area contributed by atoms with E-state index in [9.17, 15) is 19.8 Å². The van der Waals surface area contributed by atoms with Crippen molar-refractivity contribution in [2.45, 2.75) is 411 Å². The zero-order chi connectivity index (χ0) is 56.4. The third-order valence-electron chi connectivity index (χ3n) is 16.7. The van der Waals surface area contributed by atoms with Gasteiger partial charge in [-0.1, -0.05) is 353 Å². The van der Waals surface area contributed by atoms with Crippen molar-refractivity contribution in [3.05, 3.63) is 24.3 Å². The minimum absolute atomic E-state index is 0.0154. The molecule has 462 valence electrons. The summed E-state index contributed by atoms with van der Waals surface area (Å²) in [5.74, 6) is -0.0479. The second kappa shape index (κ2) is 67.8. The molecule has 78 heavy (non-hydrogen) atoms. The van der Waals surface area contributed by atoms with Crippen molar-refractivity contribution >= 4 is 11.9 Å². The Labute approximate surface area is 488 Å². The number of amides is 1. The van der Waals surface area contributed by atoms with E-state index in [2.05, 4.69) is 31.3 Å². The SMILES string of the molecule is CCCCCCCC/C=C\CCCCCCCCCCCC(=O)OCCCCCCCCCCCCCCCCCCCCCCCCCCC(=O)NC(CO)C(O)/C=C/CCCCCCCCCCCCCCCCCC. The molecule has 0 saturated carbocycles. The van der Waals surface area contributed by atoms with Gasteiger partial charge < -0.3 is 20.3 Å². The Morgan fingerprint density at radius 1 is 0.346 bits per heavy atom. The Morgan fingerprint density at radius 2 is 0.603 bits per heavy atom. The molecule has 6 heteroatoms. The zero-order valence-electron chi connectivity index (χ0n) is 52.9. The second-order valence-corrected chi connectivity index (χ2v) is 24.6. The van der Waals surface area contributed by atoms with Gasteiger partial charge in [0.05, 0.1) is 25.4 Å². The molecule has 0 spiro atoms. The summed E-state index contributed by atoms with van der Waals surface area (Å²) >= 11 is 0. The third-order valence-corrected chi connectivity index (χ3v) is 16.7. The molecule has 0 radical (unpaired) electrons. The monoisotopic (exact) mass is 1100 g/mol. The predicted molar refractivity (Wildman–Crippen MR) is 343 cm³/mol. The van der Waals surface area contributed by atoms with Gasteiger partial charge in [-0.15, -0.1) is 0 Å². The van der Waals surface area contributed by atoms with E-state index < -0.39 is 12.1 Å². The van der Waals surface area contributed by atoms with E-state index >= 15 is 0 Å². The maximum absolute atomic E-state index is 12.5. The fourth-order valence-electron chi connectivity index (χ4n) is 11.3. The highest BCUT2D eigenvalue weighted by Crippen LogP contribution is 2.19. The molecule has 0 aliphatic carbocycles. The van der Waals surface area contributed by atoms with E-state index in [4.69, 9.17) is 4.74 Å².